The third kappa shape index (κ3) is 4.11. The number of likely N-dealkylation sites (tertiary alicyclic amines) is 1. The lowest BCUT2D eigenvalue weighted by Gasteiger charge is -2.16. The number of ether oxygens (including phenoxy) is 1. The fourth-order valence-corrected chi connectivity index (χ4v) is 2.64. The van der Waals surface area contributed by atoms with E-state index in [1.165, 1.54) is 0 Å². The quantitative estimate of drug-likeness (QED) is 0.906. The molecule has 0 radical (unpaired) electrons. The predicted octanol–water partition coefficient (Wildman–Crippen LogP) is 2.29. The molecular formula is C15H18ClNO4. The number of carboxylic acid groups (broad SMARTS) is 1. The Labute approximate surface area is 128 Å². The van der Waals surface area contributed by atoms with Gasteiger partial charge in [-0.25, -0.2) is 0 Å². The first-order chi connectivity index (χ1) is 9.97. The van der Waals surface area contributed by atoms with Crippen molar-refractivity contribution >= 4 is 23.5 Å². The van der Waals surface area contributed by atoms with E-state index in [-0.39, 0.29) is 31.4 Å². The summed E-state index contributed by atoms with van der Waals surface area (Å²) in [6.07, 6.45) is 0.228. The Bertz CT molecular complexity index is 534. The van der Waals surface area contributed by atoms with E-state index in [1.807, 2.05) is 6.92 Å². The highest BCUT2D eigenvalue weighted by Gasteiger charge is 2.36. The number of halogens is 1. The summed E-state index contributed by atoms with van der Waals surface area (Å²) in [5.74, 6) is -0.780. The average molecular weight is 312 g/mol. The van der Waals surface area contributed by atoms with Crippen molar-refractivity contribution in [2.75, 3.05) is 19.7 Å². The summed E-state index contributed by atoms with van der Waals surface area (Å²) in [6.45, 7) is 2.88. The van der Waals surface area contributed by atoms with Gasteiger partial charge in [0, 0.05) is 18.1 Å². The molecule has 0 unspecified atom stereocenters. The van der Waals surface area contributed by atoms with Gasteiger partial charge in [0.25, 0.3) is 0 Å². The van der Waals surface area contributed by atoms with Gasteiger partial charge >= 0.3 is 5.97 Å². The molecule has 1 aliphatic rings. The molecule has 0 spiro atoms. The average Bonchev–Trinajstić information content (AvgIpc) is 2.81. The molecule has 114 valence electrons. The normalized spacial score (nSPS) is 21.3. The van der Waals surface area contributed by atoms with Crippen molar-refractivity contribution in [3.8, 4) is 5.75 Å². The van der Waals surface area contributed by atoms with Crippen LogP contribution in [0.3, 0.4) is 0 Å². The molecule has 1 aromatic rings. The molecular weight excluding hydrogens is 294 g/mol. The molecule has 1 fully saturated rings. The van der Waals surface area contributed by atoms with Crippen LogP contribution in [0.25, 0.3) is 0 Å². The van der Waals surface area contributed by atoms with Gasteiger partial charge in [-0.3, -0.25) is 9.59 Å². The van der Waals surface area contributed by atoms with Gasteiger partial charge in [-0.05, 0) is 24.1 Å². The maximum Gasteiger partial charge on any atom is 0.308 e. The molecule has 1 saturated heterocycles. The standard InChI is InChI=1S/C15H18ClNO4/c1-10-8-17(9-13(10)15(19)20)14(18)5-6-21-12-4-2-3-11(16)7-12/h2-4,7,10,13H,5-6,8-9H2,1H3,(H,19,20)/t10-,13-/m1/s1. The van der Waals surface area contributed by atoms with Crippen molar-refractivity contribution in [3.05, 3.63) is 29.3 Å². The van der Waals surface area contributed by atoms with Gasteiger partial charge in [-0.1, -0.05) is 24.6 Å². The fraction of sp³-hybridized carbons (Fsp3) is 0.467. The zero-order valence-corrected chi connectivity index (χ0v) is 12.5. The Morgan fingerprint density at radius 3 is 2.81 bits per heavy atom. The van der Waals surface area contributed by atoms with E-state index in [2.05, 4.69) is 0 Å². The van der Waals surface area contributed by atoms with Crippen LogP contribution < -0.4 is 4.74 Å². The van der Waals surface area contributed by atoms with Gasteiger partial charge in [0.1, 0.15) is 5.75 Å². The minimum atomic E-state index is -0.840. The van der Waals surface area contributed by atoms with Crippen molar-refractivity contribution in [3.63, 3.8) is 0 Å². The van der Waals surface area contributed by atoms with E-state index < -0.39 is 11.9 Å². The van der Waals surface area contributed by atoms with Crippen molar-refractivity contribution in [2.45, 2.75) is 13.3 Å². The summed E-state index contributed by atoms with van der Waals surface area (Å²) < 4.78 is 5.47. The maximum atomic E-state index is 12.0. The lowest BCUT2D eigenvalue weighted by Crippen LogP contribution is -2.30. The highest BCUT2D eigenvalue weighted by atomic mass is 35.5. The van der Waals surface area contributed by atoms with Crippen LogP contribution in [-0.4, -0.2) is 41.6 Å². The molecule has 6 heteroatoms. The smallest absolute Gasteiger partial charge is 0.308 e. The number of hydrogen-bond acceptors (Lipinski definition) is 3. The Morgan fingerprint density at radius 1 is 1.43 bits per heavy atom. The topological polar surface area (TPSA) is 66.8 Å². The number of carbonyl (C=O) groups is 2. The van der Waals surface area contributed by atoms with E-state index in [0.29, 0.717) is 17.3 Å². The van der Waals surface area contributed by atoms with Crippen molar-refractivity contribution in [2.24, 2.45) is 11.8 Å². The van der Waals surface area contributed by atoms with E-state index in [4.69, 9.17) is 21.4 Å². The van der Waals surface area contributed by atoms with Crippen LogP contribution >= 0.6 is 11.6 Å². The van der Waals surface area contributed by atoms with Gasteiger partial charge in [0.15, 0.2) is 0 Å². The Hall–Kier alpha value is -1.75. The second-order valence-electron chi connectivity index (χ2n) is 5.28. The van der Waals surface area contributed by atoms with E-state index in [9.17, 15) is 9.59 Å². The number of hydrogen-bond donors (Lipinski definition) is 1. The Kier molecular flexibility index (Phi) is 5.07. The van der Waals surface area contributed by atoms with E-state index >= 15 is 0 Å². The zero-order chi connectivity index (χ0) is 15.4. The minimum absolute atomic E-state index is 0.0136. The number of rotatable bonds is 5. The molecule has 0 bridgehead atoms. The predicted molar refractivity (Wildman–Crippen MR) is 78.4 cm³/mol. The van der Waals surface area contributed by atoms with Crippen LogP contribution in [0.5, 0.6) is 5.75 Å². The number of aliphatic carboxylic acids is 1. The SMILES string of the molecule is C[C@@H]1CN(C(=O)CCOc2cccc(Cl)c2)C[C@H]1C(=O)O. The van der Waals surface area contributed by atoms with Gasteiger partial charge in [-0.2, -0.15) is 0 Å². The Morgan fingerprint density at radius 2 is 2.19 bits per heavy atom. The summed E-state index contributed by atoms with van der Waals surface area (Å²) in [5.41, 5.74) is 0. The van der Waals surface area contributed by atoms with Crippen LogP contribution in [0.15, 0.2) is 24.3 Å². The number of carboxylic acids is 1. The maximum absolute atomic E-state index is 12.0. The molecule has 1 amide bonds. The molecule has 1 heterocycles. The van der Waals surface area contributed by atoms with Gasteiger partial charge in [-0.15, -0.1) is 0 Å². The highest BCUT2D eigenvalue weighted by molar-refractivity contribution is 6.30. The lowest BCUT2D eigenvalue weighted by molar-refractivity contribution is -0.142. The number of nitrogens with zero attached hydrogens (tertiary/aromatic N) is 1. The van der Waals surface area contributed by atoms with Gasteiger partial charge in [0.2, 0.25) is 5.91 Å². The third-order valence-corrected chi connectivity index (χ3v) is 3.90. The fourth-order valence-electron chi connectivity index (χ4n) is 2.46. The molecule has 2 rings (SSSR count). The first-order valence-corrected chi connectivity index (χ1v) is 7.24. The number of benzene rings is 1. The first-order valence-electron chi connectivity index (χ1n) is 6.86. The second kappa shape index (κ2) is 6.80. The molecule has 1 N–H and O–H groups in total. The summed E-state index contributed by atoms with van der Waals surface area (Å²) in [6, 6.07) is 6.98. The first kappa shape index (κ1) is 15.6. The summed E-state index contributed by atoms with van der Waals surface area (Å²) in [5, 5.41) is 9.64. The molecule has 1 aliphatic heterocycles. The van der Waals surface area contributed by atoms with Gasteiger partial charge in [0.05, 0.1) is 18.9 Å². The van der Waals surface area contributed by atoms with Crippen LogP contribution in [0, 0.1) is 11.8 Å². The molecule has 1 aromatic carbocycles. The molecule has 5 nitrogen and oxygen atoms in total. The van der Waals surface area contributed by atoms with E-state index in [0.717, 1.165) is 0 Å². The summed E-state index contributed by atoms with van der Waals surface area (Å²) in [4.78, 5) is 24.7. The van der Waals surface area contributed by atoms with E-state index in [1.54, 1.807) is 29.2 Å². The van der Waals surface area contributed by atoms with Crippen molar-refractivity contribution < 1.29 is 19.4 Å². The number of amides is 1. The molecule has 2 atom stereocenters. The molecule has 0 aromatic heterocycles. The van der Waals surface area contributed by atoms with Crippen LogP contribution in [0.2, 0.25) is 5.02 Å². The van der Waals surface area contributed by atoms with Crippen LogP contribution in [0.4, 0.5) is 0 Å². The minimum Gasteiger partial charge on any atom is -0.493 e. The summed E-state index contributed by atoms with van der Waals surface area (Å²) >= 11 is 5.84. The second-order valence-corrected chi connectivity index (χ2v) is 5.71. The molecule has 0 aliphatic carbocycles. The molecule has 21 heavy (non-hydrogen) atoms. The monoisotopic (exact) mass is 311 g/mol. The van der Waals surface area contributed by atoms with Crippen molar-refractivity contribution in [1.82, 2.24) is 4.90 Å². The van der Waals surface area contributed by atoms with Crippen LogP contribution in [0.1, 0.15) is 13.3 Å². The third-order valence-electron chi connectivity index (χ3n) is 3.66. The number of carbonyl (C=O) groups excluding carboxylic acids is 1. The van der Waals surface area contributed by atoms with Crippen molar-refractivity contribution in [1.29, 1.82) is 0 Å². The summed E-state index contributed by atoms with van der Waals surface area (Å²) in [7, 11) is 0. The Balaban J connectivity index is 1.79. The largest absolute Gasteiger partial charge is 0.493 e. The van der Waals surface area contributed by atoms with Crippen LogP contribution in [-0.2, 0) is 9.59 Å². The zero-order valence-electron chi connectivity index (χ0n) is 11.8. The molecule has 0 saturated carbocycles. The lowest BCUT2D eigenvalue weighted by atomic mass is 9.99. The van der Waals surface area contributed by atoms with Gasteiger partial charge < -0.3 is 14.7 Å². The highest BCUT2D eigenvalue weighted by Crippen LogP contribution is 2.24.